The average Bonchev–Trinajstić information content (AvgIpc) is 2.32. The molecule has 0 bridgehead atoms. The molecule has 1 rings (SSSR count). The van der Waals surface area contributed by atoms with Gasteiger partial charge in [0.05, 0.1) is 19.8 Å². The summed E-state index contributed by atoms with van der Waals surface area (Å²) >= 11 is 0. The maximum atomic E-state index is 5.64. The molecule has 17 heavy (non-hydrogen) atoms. The summed E-state index contributed by atoms with van der Waals surface area (Å²) in [6, 6.07) is 7.96. The van der Waals surface area contributed by atoms with Crippen LogP contribution in [0, 0.1) is 0 Å². The number of benzene rings is 1. The van der Waals surface area contributed by atoms with Gasteiger partial charge in [-0.2, -0.15) is 0 Å². The fourth-order valence-corrected chi connectivity index (χ4v) is 1.48. The van der Waals surface area contributed by atoms with Crippen molar-refractivity contribution in [2.24, 2.45) is 0 Å². The fourth-order valence-electron chi connectivity index (χ4n) is 1.48. The van der Waals surface area contributed by atoms with Gasteiger partial charge in [0.25, 0.3) is 0 Å². The lowest BCUT2D eigenvalue weighted by molar-refractivity contribution is 0.0598. The third-order valence-corrected chi connectivity index (χ3v) is 2.48. The van der Waals surface area contributed by atoms with Gasteiger partial charge in [0.15, 0.2) is 0 Å². The van der Waals surface area contributed by atoms with Crippen molar-refractivity contribution >= 4 is 5.69 Å². The first-order chi connectivity index (χ1) is 8.22. The molecule has 0 spiro atoms. The zero-order valence-corrected chi connectivity index (χ0v) is 10.7. The maximum Gasteiger partial charge on any atom is 0.0700 e. The van der Waals surface area contributed by atoms with Crippen LogP contribution in [0.25, 0.3) is 0 Å². The Morgan fingerprint density at radius 2 is 1.82 bits per heavy atom. The average molecular weight is 238 g/mol. The Kier molecular flexibility index (Phi) is 6.62. The molecule has 0 aliphatic heterocycles. The zero-order chi connectivity index (χ0) is 12.5. The van der Waals surface area contributed by atoms with Crippen molar-refractivity contribution in [3.05, 3.63) is 29.8 Å². The van der Waals surface area contributed by atoms with Crippen LogP contribution in [0.5, 0.6) is 0 Å². The Balaban J connectivity index is 2.16. The van der Waals surface area contributed by atoms with Crippen LogP contribution in [0.2, 0.25) is 0 Å². The van der Waals surface area contributed by atoms with Crippen LogP contribution in [0.15, 0.2) is 24.3 Å². The molecule has 0 heterocycles. The van der Waals surface area contributed by atoms with E-state index < -0.39 is 0 Å². The highest BCUT2D eigenvalue weighted by Gasteiger charge is 2.00. The third-order valence-electron chi connectivity index (χ3n) is 2.48. The lowest BCUT2D eigenvalue weighted by Gasteiger charge is -2.16. The Hall–Kier alpha value is -1.10. The third kappa shape index (κ3) is 6.26. The first-order valence-electron chi connectivity index (χ1n) is 5.82. The van der Waals surface area contributed by atoms with Gasteiger partial charge in [0.1, 0.15) is 0 Å². The van der Waals surface area contributed by atoms with Gasteiger partial charge in [0, 0.05) is 25.9 Å². The second-order valence-electron chi connectivity index (χ2n) is 4.08. The molecule has 96 valence electrons. The number of nitrogen functional groups attached to an aromatic ring is 1. The Morgan fingerprint density at radius 3 is 2.47 bits per heavy atom. The highest BCUT2D eigenvalue weighted by Crippen LogP contribution is 2.07. The lowest BCUT2D eigenvalue weighted by Crippen LogP contribution is -2.23. The fraction of sp³-hybridized carbons (Fsp3) is 0.538. The van der Waals surface area contributed by atoms with Crippen LogP contribution in [0.1, 0.15) is 5.56 Å². The molecule has 0 atom stereocenters. The van der Waals surface area contributed by atoms with Crippen molar-refractivity contribution in [1.29, 1.82) is 0 Å². The predicted octanol–water partition coefficient (Wildman–Crippen LogP) is 1.36. The molecule has 1 aromatic rings. The van der Waals surface area contributed by atoms with Gasteiger partial charge in [-0.15, -0.1) is 0 Å². The summed E-state index contributed by atoms with van der Waals surface area (Å²) in [5.74, 6) is 0. The van der Waals surface area contributed by atoms with E-state index in [1.807, 2.05) is 12.1 Å². The largest absolute Gasteiger partial charge is 0.399 e. The van der Waals surface area contributed by atoms with Crippen LogP contribution in [-0.2, 0) is 16.0 Å². The lowest BCUT2D eigenvalue weighted by atomic mass is 10.2. The minimum Gasteiger partial charge on any atom is -0.399 e. The summed E-state index contributed by atoms with van der Waals surface area (Å²) in [6.07, 6.45) is 0. The molecule has 0 radical (unpaired) electrons. The summed E-state index contributed by atoms with van der Waals surface area (Å²) in [4.78, 5) is 2.22. The van der Waals surface area contributed by atoms with Crippen LogP contribution < -0.4 is 5.73 Å². The number of ether oxygens (including phenoxy) is 2. The van der Waals surface area contributed by atoms with Gasteiger partial charge in [-0.25, -0.2) is 0 Å². The van der Waals surface area contributed by atoms with Crippen LogP contribution >= 0.6 is 0 Å². The number of nitrogens with zero attached hydrogens (tertiary/aromatic N) is 1. The summed E-state index contributed by atoms with van der Waals surface area (Å²) < 4.78 is 10.3. The monoisotopic (exact) mass is 238 g/mol. The summed E-state index contributed by atoms with van der Waals surface area (Å²) in [5, 5.41) is 0. The SMILES string of the molecule is COCCOCCN(C)Cc1ccc(N)cc1. The topological polar surface area (TPSA) is 47.7 Å². The first-order valence-corrected chi connectivity index (χ1v) is 5.82. The summed E-state index contributed by atoms with van der Waals surface area (Å²) in [5.41, 5.74) is 7.71. The molecule has 4 heteroatoms. The molecule has 0 aromatic heterocycles. The molecule has 1 aromatic carbocycles. The molecule has 0 fully saturated rings. The molecule has 2 N–H and O–H groups in total. The van der Waals surface area contributed by atoms with E-state index in [0.717, 1.165) is 25.4 Å². The predicted molar refractivity (Wildman–Crippen MR) is 69.9 cm³/mol. The van der Waals surface area contributed by atoms with Gasteiger partial charge < -0.3 is 15.2 Å². The number of likely N-dealkylation sites (N-methyl/N-ethyl adjacent to an activating group) is 1. The van der Waals surface area contributed by atoms with Gasteiger partial charge >= 0.3 is 0 Å². The van der Waals surface area contributed by atoms with Crippen molar-refractivity contribution < 1.29 is 9.47 Å². The Bertz CT molecular complexity index is 301. The quantitative estimate of drug-likeness (QED) is 0.549. The molecule has 0 saturated heterocycles. The van der Waals surface area contributed by atoms with Crippen molar-refractivity contribution in [2.45, 2.75) is 6.54 Å². The van der Waals surface area contributed by atoms with Gasteiger partial charge in [-0.1, -0.05) is 12.1 Å². The van der Waals surface area contributed by atoms with Gasteiger partial charge in [-0.05, 0) is 24.7 Å². The number of hydrogen-bond acceptors (Lipinski definition) is 4. The van der Waals surface area contributed by atoms with Crippen LogP contribution in [0.4, 0.5) is 5.69 Å². The number of hydrogen-bond donors (Lipinski definition) is 1. The molecule has 0 unspecified atom stereocenters. The normalized spacial score (nSPS) is 11.0. The van der Waals surface area contributed by atoms with E-state index in [9.17, 15) is 0 Å². The molecule has 0 aliphatic rings. The van der Waals surface area contributed by atoms with Gasteiger partial charge in [0.2, 0.25) is 0 Å². The zero-order valence-electron chi connectivity index (χ0n) is 10.7. The van der Waals surface area contributed by atoms with E-state index in [1.165, 1.54) is 5.56 Å². The number of anilines is 1. The molecule has 4 nitrogen and oxygen atoms in total. The number of methoxy groups -OCH3 is 1. The van der Waals surface area contributed by atoms with Crippen LogP contribution in [-0.4, -0.2) is 45.4 Å². The minimum absolute atomic E-state index is 0.654. The highest BCUT2D eigenvalue weighted by atomic mass is 16.5. The van der Waals surface area contributed by atoms with E-state index in [1.54, 1.807) is 7.11 Å². The van der Waals surface area contributed by atoms with E-state index >= 15 is 0 Å². The van der Waals surface area contributed by atoms with E-state index in [-0.39, 0.29) is 0 Å². The second-order valence-corrected chi connectivity index (χ2v) is 4.08. The smallest absolute Gasteiger partial charge is 0.0700 e. The van der Waals surface area contributed by atoms with E-state index in [2.05, 4.69) is 24.1 Å². The van der Waals surface area contributed by atoms with E-state index in [0.29, 0.717) is 13.2 Å². The van der Waals surface area contributed by atoms with Crippen molar-refractivity contribution in [3.63, 3.8) is 0 Å². The molecule has 0 saturated carbocycles. The standard InChI is InChI=1S/C13H22N2O2/c1-15(7-8-17-10-9-16-2)11-12-3-5-13(14)6-4-12/h3-6H,7-11,14H2,1-2H3. The van der Waals surface area contributed by atoms with Crippen molar-refractivity contribution in [1.82, 2.24) is 4.90 Å². The molecular formula is C13H22N2O2. The molecular weight excluding hydrogens is 216 g/mol. The van der Waals surface area contributed by atoms with Crippen molar-refractivity contribution in [2.75, 3.05) is 46.3 Å². The van der Waals surface area contributed by atoms with E-state index in [4.69, 9.17) is 15.2 Å². The highest BCUT2D eigenvalue weighted by molar-refractivity contribution is 5.39. The number of nitrogens with two attached hydrogens (primary N) is 1. The van der Waals surface area contributed by atoms with Crippen molar-refractivity contribution in [3.8, 4) is 0 Å². The first kappa shape index (κ1) is 14.0. The van der Waals surface area contributed by atoms with Gasteiger partial charge in [-0.3, -0.25) is 4.90 Å². The summed E-state index contributed by atoms with van der Waals surface area (Å²) in [7, 11) is 3.76. The Morgan fingerprint density at radius 1 is 1.12 bits per heavy atom. The van der Waals surface area contributed by atoms with Crippen LogP contribution in [0.3, 0.4) is 0 Å². The molecule has 0 amide bonds. The Labute approximate surface area is 103 Å². The second kappa shape index (κ2) is 8.06. The maximum absolute atomic E-state index is 5.64. The minimum atomic E-state index is 0.654. The summed E-state index contributed by atoms with van der Waals surface area (Å²) in [6.45, 7) is 3.87. The molecule has 0 aliphatic carbocycles. The number of rotatable bonds is 8.